The molecule has 0 fully saturated rings. The van der Waals surface area contributed by atoms with Gasteiger partial charge in [0.1, 0.15) is 5.75 Å². The van der Waals surface area contributed by atoms with Crippen LogP contribution in [0.1, 0.15) is 30.5 Å². The van der Waals surface area contributed by atoms with Crippen molar-refractivity contribution in [2.45, 2.75) is 39.8 Å². The van der Waals surface area contributed by atoms with E-state index in [0.29, 0.717) is 6.54 Å². The average Bonchev–Trinajstić information content (AvgIpc) is 2.20. The second kappa shape index (κ2) is 5.72. The van der Waals surface area contributed by atoms with Gasteiger partial charge in [-0.2, -0.15) is 0 Å². The van der Waals surface area contributed by atoms with Gasteiger partial charge in [-0.15, -0.1) is 0 Å². The number of benzene rings is 1. The largest absolute Gasteiger partial charge is 0.496 e. The molecule has 102 valence electrons. The standard InChI is InChI=1S/C15H25NO2/c1-11-7-13(14(18-6)8-12(11)2)9-16(5)10-15(3,4)17/h7-8,17H,9-10H2,1-6H3. The molecule has 0 heterocycles. The normalized spacial score (nSPS) is 12.0. The number of methoxy groups -OCH3 is 1. The van der Waals surface area contributed by atoms with E-state index in [9.17, 15) is 5.11 Å². The maximum atomic E-state index is 9.82. The van der Waals surface area contributed by atoms with E-state index in [1.807, 2.05) is 20.9 Å². The van der Waals surface area contributed by atoms with Gasteiger partial charge in [0.15, 0.2) is 0 Å². The molecule has 3 heteroatoms. The molecule has 0 aliphatic heterocycles. The first-order valence-corrected chi connectivity index (χ1v) is 6.28. The molecule has 0 amide bonds. The van der Waals surface area contributed by atoms with E-state index < -0.39 is 5.60 Å². The SMILES string of the molecule is COc1cc(C)c(C)cc1CN(C)CC(C)(C)O. The van der Waals surface area contributed by atoms with E-state index in [1.165, 1.54) is 11.1 Å². The third-order valence-electron chi connectivity index (χ3n) is 2.99. The fourth-order valence-electron chi connectivity index (χ4n) is 2.17. The maximum Gasteiger partial charge on any atom is 0.123 e. The summed E-state index contributed by atoms with van der Waals surface area (Å²) in [5.41, 5.74) is 2.98. The molecule has 18 heavy (non-hydrogen) atoms. The van der Waals surface area contributed by atoms with Crippen LogP contribution in [-0.2, 0) is 6.54 Å². The van der Waals surface area contributed by atoms with Gasteiger partial charge in [0.25, 0.3) is 0 Å². The smallest absolute Gasteiger partial charge is 0.123 e. The Morgan fingerprint density at radius 2 is 1.78 bits per heavy atom. The van der Waals surface area contributed by atoms with Gasteiger partial charge in [0, 0.05) is 18.7 Å². The molecule has 1 N–H and O–H groups in total. The predicted molar refractivity (Wildman–Crippen MR) is 75.1 cm³/mol. The van der Waals surface area contributed by atoms with Crippen molar-refractivity contribution in [2.75, 3.05) is 20.7 Å². The lowest BCUT2D eigenvalue weighted by atomic mass is 10.0. The van der Waals surface area contributed by atoms with Gasteiger partial charge in [-0.25, -0.2) is 0 Å². The number of nitrogens with zero attached hydrogens (tertiary/aromatic N) is 1. The Bertz CT molecular complexity index is 408. The van der Waals surface area contributed by atoms with E-state index in [0.717, 1.165) is 17.9 Å². The molecule has 0 unspecified atom stereocenters. The molecule has 0 aliphatic rings. The number of aryl methyl sites for hydroxylation is 2. The molecular formula is C15H25NO2. The highest BCUT2D eigenvalue weighted by Crippen LogP contribution is 2.24. The minimum atomic E-state index is -0.679. The summed E-state index contributed by atoms with van der Waals surface area (Å²) in [7, 11) is 3.70. The van der Waals surface area contributed by atoms with Gasteiger partial charge in [-0.1, -0.05) is 6.07 Å². The molecule has 0 spiro atoms. The summed E-state index contributed by atoms with van der Waals surface area (Å²) in [5, 5.41) is 9.82. The molecule has 1 rings (SSSR count). The van der Waals surface area contributed by atoms with Crippen molar-refractivity contribution >= 4 is 0 Å². The first-order valence-electron chi connectivity index (χ1n) is 6.28. The van der Waals surface area contributed by atoms with Crippen molar-refractivity contribution in [1.29, 1.82) is 0 Å². The Morgan fingerprint density at radius 3 is 2.28 bits per heavy atom. The van der Waals surface area contributed by atoms with E-state index >= 15 is 0 Å². The number of aliphatic hydroxyl groups is 1. The summed E-state index contributed by atoms with van der Waals surface area (Å²) >= 11 is 0. The lowest BCUT2D eigenvalue weighted by Crippen LogP contribution is -2.35. The van der Waals surface area contributed by atoms with Crippen molar-refractivity contribution in [3.05, 3.63) is 28.8 Å². The Labute approximate surface area is 110 Å². The number of hydrogen-bond donors (Lipinski definition) is 1. The Kier molecular flexibility index (Phi) is 4.77. The highest BCUT2D eigenvalue weighted by molar-refractivity contribution is 5.41. The summed E-state index contributed by atoms with van der Waals surface area (Å²) in [4.78, 5) is 2.10. The second-order valence-electron chi connectivity index (χ2n) is 5.73. The molecule has 1 aromatic rings. The van der Waals surface area contributed by atoms with Crippen LogP contribution >= 0.6 is 0 Å². The summed E-state index contributed by atoms with van der Waals surface area (Å²) in [6.45, 7) is 9.23. The van der Waals surface area contributed by atoms with Crippen LogP contribution < -0.4 is 4.74 Å². The van der Waals surface area contributed by atoms with Gasteiger partial charge < -0.3 is 9.84 Å². The predicted octanol–water partition coefficient (Wildman–Crippen LogP) is 2.51. The highest BCUT2D eigenvalue weighted by Gasteiger charge is 2.17. The van der Waals surface area contributed by atoms with Crippen molar-refractivity contribution in [2.24, 2.45) is 0 Å². The minimum Gasteiger partial charge on any atom is -0.496 e. The second-order valence-corrected chi connectivity index (χ2v) is 5.73. The van der Waals surface area contributed by atoms with Gasteiger partial charge in [-0.05, 0) is 51.9 Å². The molecule has 0 bridgehead atoms. The number of hydrogen-bond acceptors (Lipinski definition) is 3. The molecule has 0 radical (unpaired) electrons. The van der Waals surface area contributed by atoms with Gasteiger partial charge in [-0.3, -0.25) is 4.90 Å². The lowest BCUT2D eigenvalue weighted by Gasteiger charge is -2.26. The zero-order valence-electron chi connectivity index (χ0n) is 12.4. The molecule has 3 nitrogen and oxygen atoms in total. The summed E-state index contributed by atoms with van der Waals surface area (Å²) in [6.07, 6.45) is 0. The van der Waals surface area contributed by atoms with Crippen LogP contribution in [0, 0.1) is 13.8 Å². The van der Waals surface area contributed by atoms with Crippen molar-refractivity contribution in [1.82, 2.24) is 4.90 Å². The zero-order valence-corrected chi connectivity index (χ0v) is 12.4. The van der Waals surface area contributed by atoms with E-state index in [-0.39, 0.29) is 0 Å². The van der Waals surface area contributed by atoms with Gasteiger partial charge >= 0.3 is 0 Å². The monoisotopic (exact) mass is 251 g/mol. The molecule has 1 aromatic carbocycles. The van der Waals surface area contributed by atoms with Crippen LogP contribution in [0.2, 0.25) is 0 Å². The summed E-state index contributed by atoms with van der Waals surface area (Å²) in [6, 6.07) is 4.23. The Hall–Kier alpha value is -1.06. The maximum absolute atomic E-state index is 9.82. The third-order valence-corrected chi connectivity index (χ3v) is 2.99. The highest BCUT2D eigenvalue weighted by atomic mass is 16.5. The molecule has 0 atom stereocenters. The average molecular weight is 251 g/mol. The minimum absolute atomic E-state index is 0.628. The van der Waals surface area contributed by atoms with E-state index in [4.69, 9.17) is 4.74 Å². The van der Waals surface area contributed by atoms with Crippen molar-refractivity contribution < 1.29 is 9.84 Å². The van der Waals surface area contributed by atoms with Crippen LogP contribution in [0.15, 0.2) is 12.1 Å². The van der Waals surface area contributed by atoms with Crippen LogP contribution in [0.4, 0.5) is 0 Å². The molecule has 0 saturated heterocycles. The van der Waals surface area contributed by atoms with Crippen LogP contribution in [0.5, 0.6) is 5.75 Å². The number of likely N-dealkylation sites (N-methyl/N-ethyl adjacent to an activating group) is 1. The topological polar surface area (TPSA) is 32.7 Å². The molecule has 0 saturated carbocycles. The lowest BCUT2D eigenvalue weighted by molar-refractivity contribution is 0.0423. The Balaban J connectivity index is 2.86. The third kappa shape index (κ3) is 4.31. The van der Waals surface area contributed by atoms with E-state index in [1.54, 1.807) is 7.11 Å². The molecule has 0 aromatic heterocycles. The van der Waals surface area contributed by atoms with Gasteiger partial charge in [0.2, 0.25) is 0 Å². The van der Waals surface area contributed by atoms with E-state index in [2.05, 4.69) is 30.9 Å². The van der Waals surface area contributed by atoms with Crippen molar-refractivity contribution in [3.63, 3.8) is 0 Å². The molecule has 0 aliphatic carbocycles. The van der Waals surface area contributed by atoms with Crippen molar-refractivity contribution in [3.8, 4) is 5.75 Å². The fraction of sp³-hybridized carbons (Fsp3) is 0.600. The van der Waals surface area contributed by atoms with Crippen LogP contribution in [-0.4, -0.2) is 36.3 Å². The van der Waals surface area contributed by atoms with Crippen LogP contribution in [0.25, 0.3) is 0 Å². The number of rotatable bonds is 5. The Morgan fingerprint density at radius 1 is 1.22 bits per heavy atom. The van der Waals surface area contributed by atoms with Gasteiger partial charge in [0.05, 0.1) is 12.7 Å². The fourth-order valence-corrected chi connectivity index (χ4v) is 2.17. The quantitative estimate of drug-likeness (QED) is 0.873. The number of ether oxygens (including phenoxy) is 1. The zero-order chi connectivity index (χ0) is 13.9. The summed E-state index contributed by atoms with van der Waals surface area (Å²) in [5.74, 6) is 0.917. The summed E-state index contributed by atoms with van der Waals surface area (Å²) < 4.78 is 5.42. The first-order chi connectivity index (χ1) is 8.23. The molecular weight excluding hydrogens is 226 g/mol. The van der Waals surface area contributed by atoms with Crippen LogP contribution in [0.3, 0.4) is 0 Å². The first kappa shape index (κ1) is 15.0.